The van der Waals surface area contributed by atoms with E-state index in [2.05, 4.69) is 13.0 Å². The monoisotopic (exact) mass is 176 g/mol. The van der Waals surface area contributed by atoms with E-state index in [1.54, 1.807) is 6.08 Å². The van der Waals surface area contributed by atoms with Crippen LogP contribution in [0.3, 0.4) is 0 Å². The van der Waals surface area contributed by atoms with Crippen LogP contribution in [0.25, 0.3) is 0 Å². The molecule has 0 fully saturated rings. The van der Waals surface area contributed by atoms with Gasteiger partial charge in [-0.3, -0.25) is 4.79 Å². The molecule has 0 amide bonds. The number of hydrogen-bond acceptors (Lipinski definition) is 1. The predicted octanol–water partition coefficient (Wildman–Crippen LogP) is 3.21. The molecule has 0 saturated heterocycles. The van der Waals surface area contributed by atoms with Gasteiger partial charge in [-0.15, -0.1) is 0 Å². The first-order valence-corrected chi connectivity index (χ1v) is 4.52. The van der Waals surface area contributed by atoms with Crippen molar-refractivity contribution in [2.75, 3.05) is 0 Å². The van der Waals surface area contributed by atoms with E-state index in [-0.39, 0.29) is 0 Å². The molecule has 0 radical (unpaired) electrons. The lowest BCUT2D eigenvalue weighted by Crippen LogP contribution is -1.59. The highest BCUT2D eigenvalue weighted by atomic mass is 16.1. The molecule has 13 heavy (non-hydrogen) atoms. The predicted molar refractivity (Wildman–Crippen MR) is 57.5 cm³/mol. The number of allylic oxidation sites excluding steroid dienone is 8. The molecule has 0 aliphatic carbocycles. The molecule has 0 heterocycles. The van der Waals surface area contributed by atoms with Crippen LogP contribution in [-0.2, 0) is 4.79 Å². The van der Waals surface area contributed by atoms with Gasteiger partial charge in [-0.25, -0.2) is 0 Å². The summed E-state index contributed by atoms with van der Waals surface area (Å²) in [5.74, 6) is 0. The molecule has 0 unspecified atom stereocenters. The number of unbranched alkanes of at least 4 members (excludes halogenated alkanes) is 1. The fourth-order valence-electron chi connectivity index (χ4n) is 0.708. The van der Waals surface area contributed by atoms with Gasteiger partial charge in [-0.05, 0) is 12.5 Å². The summed E-state index contributed by atoms with van der Waals surface area (Å²) in [5, 5.41) is 0. The molecule has 0 aliphatic rings. The molecule has 1 heteroatoms. The van der Waals surface area contributed by atoms with Crippen LogP contribution in [0.1, 0.15) is 19.8 Å². The van der Waals surface area contributed by atoms with Crippen LogP contribution >= 0.6 is 0 Å². The second-order valence-electron chi connectivity index (χ2n) is 2.51. The van der Waals surface area contributed by atoms with E-state index in [1.165, 1.54) is 12.5 Å². The Kier molecular flexibility index (Phi) is 9.51. The molecule has 0 rings (SSSR count). The quantitative estimate of drug-likeness (QED) is 0.345. The Morgan fingerprint density at radius 2 is 1.38 bits per heavy atom. The van der Waals surface area contributed by atoms with Gasteiger partial charge in [0.05, 0.1) is 0 Å². The minimum atomic E-state index is 0.759. The van der Waals surface area contributed by atoms with Crippen molar-refractivity contribution < 1.29 is 4.79 Å². The Morgan fingerprint density at radius 1 is 0.846 bits per heavy atom. The van der Waals surface area contributed by atoms with E-state index in [0.717, 1.165) is 12.7 Å². The van der Waals surface area contributed by atoms with Crippen molar-refractivity contribution in [2.24, 2.45) is 0 Å². The maximum Gasteiger partial charge on any atom is 0.142 e. The normalized spacial score (nSPS) is 12.7. The average Bonchev–Trinajstić information content (AvgIpc) is 2.16. The highest BCUT2D eigenvalue weighted by Gasteiger charge is 1.68. The molecule has 70 valence electrons. The summed E-state index contributed by atoms with van der Waals surface area (Å²) in [7, 11) is 0. The fourth-order valence-corrected chi connectivity index (χ4v) is 0.708. The summed E-state index contributed by atoms with van der Waals surface area (Å²) in [4.78, 5) is 9.86. The molecule has 1 nitrogen and oxygen atoms in total. The number of rotatable bonds is 6. The zero-order valence-electron chi connectivity index (χ0n) is 8.02. The topological polar surface area (TPSA) is 17.1 Å². The summed E-state index contributed by atoms with van der Waals surface area (Å²) in [6.07, 6.45) is 18.0. The van der Waals surface area contributed by atoms with Crippen LogP contribution in [-0.4, -0.2) is 6.29 Å². The van der Waals surface area contributed by atoms with Gasteiger partial charge < -0.3 is 0 Å². The Labute approximate surface area is 80.2 Å². The van der Waals surface area contributed by atoms with Crippen LogP contribution in [0.2, 0.25) is 0 Å². The minimum absolute atomic E-state index is 0.759. The smallest absolute Gasteiger partial charge is 0.142 e. The molecule has 0 atom stereocenters. The van der Waals surface area contributed by atoms with E-state index >= 15 is 0 Å². The van der Waals surface area contributed by atoms with E-state index in [0.29, 0.717) is 0 Å². The standard InChI is InChI=1S/C12H16O/c1-2-3-4-5-6-7-8-9-10-11-12-13/h4-12H,2-3H2,1H3/b5-4+,7-6+,9-8+,11-10+. The summed E-state index contributed by atoms with van der Waals surface area (Å²) in [6.45, 7) is 2.15. The average molecular weight is 176 g/mol. The molecular weight excluding hydrogens is 160 g/mol. The number of carbonyl (C=O) groups is 1. The molecule has 0 saturated carbocycles. The van der Waals surface area contributed by atoms with Crippen molar-refractivity contribution >= 4 is 6.29 Å². The van der Waals surface area contributed by atoms with Crippen LogP contribution in [0.4, 0.5) is 0 Å². The first-order chi connectivity index (χ1) is 6.41. The van der Waals surface area contributed by atoms with Gasteiger partial charge in [0.15, 0.2) is 0 Å². The maximum absolute atomic E-state index is 9.86. The van der Waals surface area contributed by atoms with Crippen LogP contribution in [0.15, 0.2) is 48.6 Å². The van der Waals surface area contributed by atoms with Crippen molar-refractivity contribution in [1.29, 1.82) is 0 Å². The van der Waals surface area contributed by atoms with Gasteiger partial charge in [0.1, 0.15) is 6.29 Å². The van der Waals surface area contributed by atoms with Crippen molar-refractivity contribution in [1.82, 2.24) is 0 Å². The highest BCUT2D eigenvalue weighted by molar-refractivity contribution is 5.65. The Balaban J connectivity index is 3.56. The van der Waals surface area contributed by atoms with Crippen LogP contribution in [0.5, 0.6) is 0 Å². The first-order valence-electron chi connectivity index (χ1n) is 4.52. The third-order valence-corrected chi connectivity index (χ3v) is 1.34. The van der Waals surface area contributed by atoms with Crippen molar-refractivity contribution in [3.8, 4) is 0 Å². The van der Waals surface area contributed by atoms with Gasteiger partial charge >= 0.3 is 0 Å². The molecule has 0 spiro atoms. The Hall–Kier alpha value is -1.37. The van der Waals surface area contributed by atoms with Gasteiger partial charge in [0.2, 0.25) is 0 Å². The molecule has 0 aromatic rings. The largest absolute Gasteiger partial charge is 0.299 e. The van der Waals surface area contributed by atoms with Crippen LogP contribution in [0, 0.1) is 0 Å². The lowest BCUT2D eigenvalue weighted by Gasteiger charge is -1.79. The highest BCUT2D eigenvalue weighted by Crippen LogP contribution is 1.89. The van der Waals surface area contributed by atoms with Gasteiger partial charge in [0, 0.05) is 0 Å². The zero-order chi connectivity index (χ0) is 9.78. The first kappa shape index (κ1) is 11.6. The Morgan fingerprint density at radius 3 is 1.92 bits per heavy atom. The third kappa shape index (κ3) is 10.6. The summed E-state index contributed by atoms with van der Waals surface area (Å²) in [6, 6.07) is 0. The second-order valence-corrected chi connectivity index (χ2v) is 2.51. The fraction of sp³-hybridized carbons (Fsp3) is 0.250. The molecule has 0 aliphatic heterocycles. The van der Waals surface area contributed by atoms with Gasteiger partial charge in [-0.1, -0.05) is 55.9 Å². The number of hydrogen-bond donors (Lipinski definition) is 0. The van der Waals surface area contributed by atoms with E-state index in [1.807, 2.05) is 30.4 Å². The minimum Gasteiger partial charge on any atom is -0.299 e. The van der Waals surface area contributed by atoms with Crippen molar-refractivity contribution in [2.45, 2.75) is 19.8 Å². The number of aldehydes is 1. The zero-order valence-corrected chi connectivity index (χ0v) is 8.02. The summed E-state index contributed by atoms with van der Waals surface area (Å²) < 4.78 is 0. The number of carbonyl (C=O) groups excluding carboxylic acids is 1. The van der Waals surface area contributed by atoms with E-state index in [9.17, 15) is 4.79 Å². The van der Waals surface area contributed by atoms with E-state index < -0.39 is 0 Å². The maximum atomic E-state index is 9.86. The SMILES string of the molecule is CCC/C=C/C=C/C=C/C=C/C=O. The van der Waals surface area contributed by atoms with Crippen LogP contribution < -0.4 is 0 Å². The van der Waals surface area contributed by atoms with Gasteiger partial charge in [0.25, 0.3) is 0 Å². The van der Waals surface area contributed by atoms with Crippen molar-refractivity contribution in [3.05, 3.63) is 48.6 Å². The van der Waals surface area contributed by atoms with E-state index in [4.69, 9.17) is 0 Å². The molecule has 0 N–H and O–H groups in total. The second kappa shape index (κ2) is 10.6. The Bertz CT molecular complexity index is 219. The molecular formula is C12H16O. The summed E-state index contributed by atoms with van der Waals surface area (Å²) in [5.41, 5.74) is 0. The molecule has 0 aromatic carbocycles. The van der Waals surface area contributed by atoms with Gasteiger partial charge in [-0.2, -0.15) is 0 Å². The molecule has 0 aromatic heterocycles. The van der Waals surface area contributed by atoms with Crippen molar-refractivity contribution in [3.63, 3.8) is 0 Å². The lowest BCUT2D eigenvalue weighted by atomic mass is 10.3. The third-order valence-electron chi connectivity index (χ3n) is 1.34. The summed E-state index contributed by atoms with van der Waals surface area (Å²) >= 11 is 0. The molecule has 0 bridgehead atoms. The lowest BCUT2D eigenvalue weighted by molar-refractivity contribution is -0.104.